The molecule has 122 valence electrons. The van der Waals surface area contributed by atoms with Gasteiger partial charge in [0.1, 0.15) is 11.7 Å². The van der Waals surface area contributed by atoms with E-state index >= 15 is 0 Å². The number of pyridine rings is 1. The van der Waals surface area contributed by atoms with Crippen LogP contribution in [0.1, 0.15) is 36.3 Å². The monoisotopic (exact) mass is 316 g/mol. The summed E-state index contributed by atoms with van der Waals surface area (Å²) in [5.74, 6) is -0.695. The lowest BCUT2D eigenvalue weighted by atomic mass is 10.0. The van der Waals surface area contributed by atoms with Crippen LogP contribution >= 0.6 is 0 Å². The molecule has 2 rings (SSSR count). The first-order valence-corrected chi connectivity index (χ1v) is 7.43. The molecule has 1 amide bonds. The summed E-state index contributed by atoms with van der Waals surface area (Å²) in [7, 11) is 0. The standard InChI is InChI=1S/C17H20N2O4/c1-10(2)9-14(17(21)22)19-16(20)12-6-7-13(18-11(12)3)15-5-4-8-23-15/h4-8,10,14H,9H2,1-3H3,(H,19,20)(H,21,22)/t14-/m0/s1. The van der Waals surface area contributed by atoms with E-state index in [1.807, 2.05) is 13.8 Å². The first kappa shape index (κ1) is 16.7. The minimum atomic E-state index is -1.04. The van der Waals surface area contributed by atoms with Crippen LogP contribution in [0.4, 0.5) is 0 Å². The first-order valence-electron chi connectivity index (χ1n) is 7.43. The number of hydrogen-bond donors (Lipinski definition) is 2. The lowest BCUT2D eigenvalue weighted by Gasteiger charge is -2.17. The van der Waals surface area contributed by atoms with E-state index in [1.165, 1.54) is 0 Å². The van der Waals surface area contributed by atoms with Gasteiger partial charge in [0.05, 0.1) is 17.5 Å². The molecule has 6 nitrogen and oxygen atoms in total. The van der Waals surface area contributed by atoms with Gasteiger partial charge in [-0.25, -0.2) is 9.78 Å². The molecule has 2 N–H and O–H groups in total. The lowest BCUT2D eigenvalue weighted by Crippen LogP contribution is -2.41. The molecule has 0 aliphatic carbocycles. The van der Waals surface area contributed by atoms with E-state index in [2.05, 4.69) is 10.3 Å². The minimum Gasteiger partial charge on any atom is -0.480 e. The zero-order valence-electron chi connectivity index (χ0n) is 13.4. The topological polar surface area (TPSA) is 92.4 Å². The third kappa shape index (κ3) is 4.18. The minimum absolute atomic E-state index is 0.164. The predicted molar refractivity (Wildman–Crippen MR) is 85.0 cm³/mol. The molecule has 0 aliphatic heterocycles. The number of rotatable bonds is 6. The summed E-state index contributed by atoms with van der Waals surface area (Å²) in [6.45, 7) is 5.53. The number of hydrogen-bond acceptors (Lipinski definition) is 4. The highest BCUT2D eigenvalue weighted by molar-refractivity contribution is 5.97. The molecule has 0 radical (unpaired) electrons. The highest BCUT2D eigenvalue weighted by Gasteiger charge is 2.23. The molecule has 0 aliphatic rings. The zero-order valence-corrected chi connectivity index (χ0v) is 13.4. The maximum Gasteiger partial charge on any atom is 0.326 e. The molecule has 0 fully saturated rings. The summed E-state index contributed by atoms with van der Waals surface area (Å²) >= 11 is 0. The van der Waals surface area contributed by atoms with Crippen LogP contribution in [0.5, 0.6) is 0 Å². The van der Waals surface area contributed by atoms with E-state index in [0.717, 1.165) is 0 Å². The van der Waals surface area contributed by atoms with Gasteiger partial charge < -0.3 is 14.8 Å². The third-order valence-electron chi connectivity index (χ3n) is 3.41. The van der Waals surface area contributed by atoms with Gasteiger partial charge in [0, 0.05) is 0 Å². The highest BCUT2D eigenvalue weighted by Crippen LogP contribution is 2.19. The number of aromatic nitrogens is 1. The molecule has 2 aromatic heterocycles. The van der Waals surface area contributed by atoms with Gasteiger partial charge in [0.15, 0.2) is 5.76 Å². The molecule has 0 bridgehead atoms. The molecule has 0 unspecified atom stereocenters. The highest BCUT2D eigenvalue weighted by atomic mass is 16.4. The Morgan fingerprint density at radius 3 is 2.57 bits per heavy atom. The number of nitrogens with one attached hydrogen (secondary N) is 1. The van der Waals surface area contributed by atoms with E-state index in [4.69, 9.17) is 4.42 Å². The number of carboxylic acid groups (broad SMARTS) is 1. The fourth-order valence-electron chi connectivity index (χ4n) is 2.29. The summed E-state index contributed by atoms with van der Waals surface area (Å²) in [6.07, 6.45) is 1.92. The molecule has 23 heavy (non-hydrogen) atoms. The molecule has 2 heterocycles. The van der Waals surface area contributed by atoms with Crippen LogP contribution in [0, 0.1) is 12.8 Å². The van der Waals surface area contributed by atoms with Crippen LogP contribution in [0.2, 0.25) is 0 Å². The smallest absolute Gasteiger partial charge is 0.326 e. The van der Waals surface area contributed by atoms with Crippen molar-refractivity contribution in [2.45, 2.75) is 33.2 Å². The fraction of sp³-hybridized carbons (Fsp3) is 0.353. The second-order valence-electron chi connectivity index (χ2n) is 5.80. The number of nitrogens with zero attached hydrogens (tertiary/aromatic N) is 1. The Bertz CT molecular complexity index is 693. The number of carbonyl (C=O) groups excluding carboxylic acids is 1. The normalized spacial score (nSPS) is 12.2. The predicted octanol–water partition coefficient (Wildman–Crippen LogP) is 2.88. The van der Waals surface area contributed by atoms with E-state index < -0.39 is 17.9 Å². The Hall–Kier alpha value is -2.63. The van der Waals surface area contributed by atoms with Crippen LogP contribution in [-0.2, 0) is 4.79 Å². The van der Waals surface area contributed by atoms with Gasteiger partial charge in [0.2, 0.25) is 0 Å². The van der Waals surface area contributed by atoms with Crippen LogP contribution in [0.15, 0.2) is 34.9 Å². The van der Waals surface area contributed by atoms with Crippen molar-refractivity contribution in [2.24, 2.45) is 5.92 Å². The number of amides is 1. The largest absolute Gasteiger partial charge is 0.480 e. The molecule has 0 spiro atoms. The van der Waals surface area contributed by atoms with Crippen molar-refractivity contribution in [3.63, 3.8) is 0 Å². The van der Waals surface area contributed by atoms with Crippen molar-refractivity contribution in [3.8, 4) is 11.5 Å². The van der Waals surface area contributed by atoms with Gasteiger partial charge in [-0.3, -0.25) is 4.79 Å². The van der Waals surface area contributed by atoms with Gasteiger partial charge in [-0.2, -0.15) is 0 Å². The number of carbonyl (C=O) groups is 2. The van der Waals surface area contributed by atoms with Gasteiger partial charge in [-0.15, -0.1) is 0 Å². The van der Waals surface area contributed by atoms with Crippen molar-refractivity contribution < 1.29 is 19.1 Å². The maximum atomic E-state index is 12.3. The molecule has 6 heteroatoms. The van der Waals surface area contributed by atoms with E-state index in [0.29, 0.717) is 29.1 Å². The van der Waals surface area contributed by atoms with Crippen LogP contribution in [0.25, 0.3) is 11.5 Å². The van der Waals surface area contributed by atoms with Crippen molar-refractivity contribution in [1.82, 2.24) is 10.3 Å². The van der Waals surface area contributed by atoms with Crippen molar-refractivity contribution in [2.75, 3.05) is 0 Å². The Morgan fingerprint density at radius 1 is 1.30 bits per heavy atom. The Labute approximate surface area is 134 Å². The van der Waals surface area contributed by atoms with E-state index in [1.54, 1.807) is 37.5 Å². The van der Waals surface area contributed by atoms with Gasteiger partial charge in [-0.1, -0.05) is 13.8 Å². The lowest BCUT2D eigenvalue weighted by molar-refractivity contribution is -0.139. The van der Waals surface area contributed by atoms with Crippen molar-refractivity contribution in [3.05, 3.63) is 41.8 Å². The third-order valence-corrected chi connectivity index (χ3v) is 3.41. The van der Waals surface area contributed by atoms with Gasteiger partial charge in [0.25, 0.3) is 5.91 Å². The average Bonchev–Trinajstić information content (AvgIpc) is 2.99. The van der Waals surface area contributed by atoms with Crippen LogP contribution in [-0.4, -0.2) is 28.0 Å². The summed E-state index contributed by atoms with van der Waals surface area (Å²) in [5.41, 5.74) is 1.50. The molecule has 0 aromatic carbocycles. The molecular formula is C17H20N2O4. The average molecular weight is 316 g/mol. The fourth-order valence-corrected chi connectivity index (χ4v) is 2.29. The van der Waals surface area contributed by atoms with Crippen LogP contribution < -0.4 is 5.32 Å². The van der Waals surface area contributed by atoms with Crippen molar-refractivity contribution >= 4 is 11.9 Å². The molecule has 2 aromatic rings. The Morgan fingerprint density at radius 2 is 2.04 bits per heavy atom. The number of furan rings is 1. The van der Waals surface area contributed by atoms with E-state index in [-0.39, 0.29) is 5.92 Å². The second-order valence-corrected chi connectivity index (χ2v) is 5.80. The summed E-state index contributed by atoms with van der Waals surface area (Å²) in [4.78, 5) is 27.9. The molecule has 0 saturated heterocycles. The van der Waals surface area contributed by atoms with E-state index in [9.17, 15) is 14.7 Å². The number of aliphatic carboxylic acids is 1. The van der Waals surface area contributed by atoms with Gasteiger partial charge >= 0.3 is 5.97 Å². The summed E-state index contributed by atoms with van der Waals surface area (Å²) in [5, 5.41) is 11.8. The summed E-state index contributed by atoms with van der Waals surface area (Å²) in [6, 6.07) is 5.94. The van der Waals surface area contributed by atoms with Gasteiger partial charge in [-0.05, 0) is 43.5 Å². The summed E-state index contributed by atoms with van der Waals surface area (Å²) < 4.78 is 5.27. The van der Waals surface area contributed by atoms with Crippen LogP contribution in [0.3, 0.4) is 0 Å². The second kappa shape index (κ2) is 7.09. The SMILES string of the molecule is Cc1nc(-c2ccco2)ccc1C(=O)N[C@@H](CC(C)C)C(=O)O. The molecule has 1 atom stereocenters. The number of aryl methyl sites for hydroxylation is 1. The molecule has 0 saturated carbocycles. The number of carboxylic acids is 1. The Balaban J connectivity index is 2.17. The zero-order chi connectivity index (χ0) is 17.0. The molecular weight excluding hydrogens is 296 g/mol. The first-order chi connectivity index (χ1) is 10.9. The Kier molecular flexibility index (Phi) is 5.16. The maximum absolute atomic E-state index is 12.3. The quantitative estimate of drug-likeness (QED) is 0.855. The van der Waals surface area contributed by atoms with Crippen molar-refractivity contribution in [1.29, 1.82) is 0 Å².